The molecule has 3 amide bonds. The van der Waals surface area contributed by atoms with E-state index in [0.29, 0.717) is 37.8 Å². The van der Waals surface area contributed by atoms with Crippen LogP contribution in [0.15, 0.2) is 0 Å². The Labute approximate surface area is 126 Å². The first-order valence-electron chi connectivity index (χ1n) is 8.25. The van der Waals surface area contributed by atoms with E-state index in [1.807, 2.05) is 0 Å². The third-order valence-corrected chi connectivity index (χ3v) is 4.97. The largest absolute Gasteiger partial charge is 0.336 e. The summed E-state index contributed by atoms with van der Waals surface area (Å²) in [6.07, 6.45) is 5.85. The van der Waals surface area contributed by atoms with Crippen LogP contribution in [0.5, 0.6) is 0 Å². The van der Waals surface area contributed by atoms with Crippen LogP contribution in [0.4, 0.5) is 4.79 Å². The van der Waals surface area contributed by atoms with E-state index >= 15 is 0 Å². The van der Waals surface area contributed by atoms with Gasteiger partial charge in [0.25, 0.3) is 0 Å². The second kappa shape index (κ2) is 6.32. The fraction of sp³-hybridized carbons (Fsp3) is 0.867. The lowest BCUT2D eigenvalue weighted by Gasteiger charge is -2.37. The normalized spacial score (nSPS) is 31.8. The van der Waals surface area contributed by atoms with E-state index in [9.17, 15) is 9.59 Å². The van der Waals surface area contributed by atoms with Crippen molar-refractivity contribution in [2.24, 2.45) is 0 Å². The van der Waals surface area contributed by atoms with E-state index in [4.69, 9.17) is 0 Å². The number of fused-ring (bicyclic) bond motifs is 2. The topological polar surface area (TPSA) is 64.7 Å². The standard InChI is InChI=1S/C15H26N4O2/c1-2-6-18(10-14(20)19-7-5-16-15(19)21)13-8-11-3-4-12(9-13)17-11/h11-13,17H,2-10H2,1H3,(H,16,21). The van der Waals surface area contributed by atoms with Gasteiger partial charge in [-0.1, -0.05) is 6.92 Å². The van der Waals surface area contributed by atoms with E-state index in [-0.39, 0.29) is 11.9 Å². The van der Waals surface area contributed by atoms with Crippen molar-refractivity contribution in [2.45, 2.75) is 57.2 Å². The van der Waals surface area contributed by atoms with Crippen molar-refractivity contribution in [3.8, 4) is 0 Å². The molecule has 0 saturated carbocycles. The van der Waals surface area contributed by atoms with E-state index in [1.165, 1.54) is 17.7 Å². The number of hydrogen-bond acceptors (Lipinski definition) is 4. The number of hydrogen-bond donors (Lipinski definition) is 2. The first-order chi connectivity index (χ1) is 10.2. The highest BCUT2D eigenvalue weighted by Gasteiger charge is 2.37. The molecule has 0 spiro atoms. The second-order valence-electron chi connectivity index (χ2n) is 6.51. The minimum absolute atomic E-state index is 0.0515. The van der Waals surface area contributed by atoms with Crippen LogP contribution in [0.1, 0.15) is 39.0 Å². The van der Waals surface area contributed by atoms with Crippen LogP contribution >= 0.6 is 0 Å². The maximum atomic E-state index is 12.4. The van der Waals surface area contributed by atoms with Crippen LogP contribution in [-0.2, 0) is 4.79 Å². The van der Waals surface area contributed by atoms with Gasteiger partial charge in [-0.15, -0.1) is 0 Å². The molecule has 2 unspecified atom stereocenters. The lowest BCUT2D eigenvalue weighted by molar-refractivity contribution is -0.129. The van der Waals surface area contributed by atoms with Crippen molar-refractivity contribution in [1.82, 2.24) is 20.4 Å². The molecule has 118 valence electrons. The van der Waals surface area contributed by atoms with Crippen LogP contribution in [0.2, 0.25) is 0 Å². The number of piperidine rings is 1. The van der Waals surface area contributed by atoms with Gasteiger partial charge in [0, 0.05) is 31.2 Å². The van der Waals surface area contributed by atoms with E-state index in [0.717, 1.165) is 25.8 Å². The average Bonchev–Trinajstić information content (AvgIpc) is 3.04. The van der Waals surface area contributed by atoms with Crippen LogP contribution in [-0.4, -0.2) is 66.0 Å². The molecule has 3 aliphatic heterocycles. The number of rotatable bonds is 5. The highest BCUT2D eigenvalue weighted by Crippen LogP contribution is 2.29. The Kier molecular flexibility index (Phi) is 4.45. The van der Waals surface area contributed by atoms with E-state index in [2.05, 4.69) is 22.5 Å². The summed E-state index contributed by atoms with van der Waals surface area (Å²) in [5.41, 5.74) is 0. The Morgan fingerprint density at radius 1 is 1.33 bits per heavy atom. The summed E-state index contributed by atoms with van der Waals surface area (Å²) >= 11 is 0. The molecule has 21 heavy (non-hydrogen) atoms. The molecule has 2 bridgehead atoms. The summed E-state index contributed by atoms with van der Waals surface area (Å²) in [5.74, 6) is -0.0515. The molecule has 0 aromatic carbocycles. The summed E-state index contributed by atoms with van der Waals surface area (Å²) in [6.45, 7) is 4.55. The zero-order valence-corrected chi connectivity index (χ0v) is 12.8. The van der Waals surface area contributed by atoms with E-state index in [1.54, 1.807) is 0 Å². The number of imide groups is 1. The summed E-state index contributed by atoms with van der Waals surface area (Å²) in [7, 11) is 0. The molecule has 3 heterocycles. The molecular weight excluding hydrogens is 268 g/mol. The Morgan fingerprint density at radius 2 is 2.05 bits per heavy atom. The molecule has 0 aromatic rings. The maximum Gasteiger partial charge on any atom is 0.324 e. The summed E-state index contributed by atoms with van der Waals surface area (Å²) in [5, 5.41) is 6.34. The molecule has 3 fully saturated rings. The summed E-state index contributed by atoms with van der Waals surface area (Å²) in [4.78, 5) is 27.6. The van der Waals surface area contributed by atoms with Crippen molar-refractivity contribution in [1.29, 1.82) is 0 Å². The molecule has 3 aliphatic rings. The quantitative estimate of drug-likeness (QED) is 0.776. The van der Waals surface area contributed by atoms with Gasteiger partial charge in [0.05, 0.1) is 6.54 Å². The fourth-order valence-electron chi connectivity index (χ4n) is 3.97. The van der Waals surface area contributed by atoms with Crippen LogP contribution in [0.3, 0.4) is 0 Å². The summed E-state index contributed by atoms with van der Waals surface area (Å²) in [6, 6.07) is 1.50. The molecule has 3 saturated heterocycles. The monoisotopic (exact) mass is 294 g/mol. The average molecular weight is 294 g/mol. The first kappa shape index (κ1) is 14.8. The second-order valence-corrected chi connectivity index (χ2v) is 6.51. The number of amides is 3. The highest BCUT2D eigenvalue weighted by molar-refractivity contribution is 5.96. The van der Waals surface area contributed by atoms with Crippen molar-refractivity contribution in [2.75, 3.05) is 26.2 Å². The van der Waals surface area contributed by atoms with Crippen LogP contribution in [0.25, 0.3) is 0 Å². The summed E-state index contributed by atoms with van der Waals surface area (Å²) < 4.78 is 0. The van der Waals surface area contributed by atoms with Crippen LogP contribution < -0.4 is 10.6 Å². The lowest BCUT2D eigenvalue weighted by Crippen LogP contribution is -2.51. The molecular formula is C15H26N4O2. The van der Waals surface area contributed by atoms with Gasteiger partial charge in [0.15, 0.2) is 0 Å². The molecule has 0 aromatic heterocycles. The zero-order valence-electron chi connectivity index (χ0n) is 12.8. The fourth-order valence-corrected chi connectivity index (χ4v) is 3.97. The third-order valence-electron chi connectivity index (χ3n) is 4.97. The number of nitrogens with zero attached hydrogens (tertiary/aromatic N) is 2. The van der Waals surface area contributed by atoms with Crippen molar-refractivity contribution in [3.63, 3.8) is 0 Å². The SMILES string of the molecule is CCCN(CC(=O)N1CCNC1=O)C1CC2CCC(C1)N2. The van der Waals surface area contributed by atoms with Gasteiger partial charge in [-0.2, -0.15) is 0 Å². The predicted octanol–water partition coefficient (Wildman–Crippen LogP) is 0.533. The van der Waals surface area contributed by atoms with Crippen molar-refractivity contribution < 1.29 is 9.59 Å². The van der Waals surface area contributed by atoms with Crippen molar-refractivity contribution >= 4 is 11.9 Å². The molecule has 2 N–H and O–H groups in total. The van der Waals surface area contributed by atoms with Crippen molar-refractivity contribution in [3.05, 3.63) is 0 Å². The number of nitrogens with one attached hydrogen (secondary N) is 2. The molecule has 6 heteroatoms. The molecule has 6 nitrogen and oxygen atoms in total. The minimum Gasteiger partial charge on any atom is -0.336 e. The zero-order chi connectivity index (χ0) is 14.8. The minimum atomic E-state index is -0.234. The van der Waals surface area contributed by atoms with Gasteiger partial charge in [0.1, 0.15) is 0 Å². The Hall–Kier alpha value is -1.14. The lowest BCUT2D eigenvalue weighted by atomic mass is 9.98. The number of carbonyl (C=O) groups excluding carboxylic acids is 2. The van der Waals surface area contributed by atoms with Gasteiger partial charge in [-0.05, 0) is 38.6 Å². The molecule has 2 atom stereocenters. The van der Waals surface area contributed by atoms with Gasteiger partial charge < -0.3 is 10.6 Å². The maximum absolute atomic E-state index is 12.4. The van der Waals surface area contributed by atoms with Gasteiger partial charge in [-0.25, -0.2) is 4.79 Å². The van der Waals surface area contributed by atoms with Gasteiger partial charge >= 0.3 is 6.03 Å². The molecule has 3 rings (SSSR count). The Bertz CT molecular complexity index is 402. The van der Waals surface area contributed by atoms with Gasteiger partial charge in [0.2, 0.25) is 5.91 Å². The third kappa shape index (κ3) is 3.21. The molecule has 0 radical (unpaired) electrons. The smallest absolute Gasteiger partial charge is 0.324 e. The Balaban J connectivity index is 1.61. The number of urea groups is 1. The van der Waals surface area contributed by atoms with E-state index < -0.39 is 0 Å². The predicted molar refractivity (Wildman–Crippen MR) is 79.9 cm³/mol. The number of carbonyl (C=O) groups is 2. The first-order valence-corrected chi connectivity index (χ1v) is 8.25. The Morgan fingerprint density at radius 3 is 2.62 bits per heavy atom. The highest BCUT2D eigenvalue weighted by atomic mass is 16.2. The van der Waals surface area contributed by atoms with Gasteiger partial charge in [-0.3, -0.25) is 14.6 Å². The van der Waals surface area contributed by atoms with Crippen LogP contribution in [0, 0.1) is 0 Å². The molecule has 0 aliphatic carbocycles.